The third kappa shape index (κ3) is 5.20. The highest BCUT2D eigenvalue weighted by atomic mass is 32.2. The third-order valence-electron chi connectivity index (χ3n) is 5.57. The molecule has 2 aromatic carbocycles. The first kappa shape index (κ1) is 21.3. The molecule has 2 aromatic rings. The number of amides is 1. The highest BCUT2D eigenvalue weighted by Gasteiger charge is 2.32. The van der Waals surface area contributed by atoms with Gasteiger partial charge in [0.25, 0.3) is 11.6 Å². The molecule has 0 atom stereocenters. The van der Waals surface area contributed by atoms with Gasteiger partial charge >= 0.3 is 10.1 Å². The second-order valence-corrected chi connectivity index (χ2v) is 9.38. The maximum atomic E-state index is 12.5. The number of non-ortho nitro benzene ring substituents is 1. The number of rotatable bonds is 7. The second kappa shape index (κ2) is 8.64. The number of hydrogen-bond acceptors (Lipinski definition) is 7. The van der Waals surface area contributed by atoms with Crippen molar-refractivity contribution in [3.8, 4) is 5.75 Å². The monoisotopic (exact) mass is 445 g/mol. The topological polar surface area (TPSA) is 119 Å². The van der Waals surface area contributed by atoms with Crippen LogP contribution in [0, 0.1) is 10.1 Å². The van der Waals surface area contributed by atoms with Crippen LogP contribution in [0.5, 0.6) is 5.75 Å². The van der Waals surface area contributed by atoms with Crippen LogP contribution in [-0.2, 0) is 10.1 Å². The summed E-state index contributed by atoms with van der Waals surface area (Å²) in [5, 5.41) is 13.9. The summed E-state index contributed by atoms with van der Waals surface area (Å²) in [4.78, 5) is 24.9. The highest BCUT2D eigenvalue weighted by molar-refractivity contribution is 7.87. The molecule has 31 heavy (non-hydrogen) atoms. The van der Waals surface area contributed by atoms with Crippen molar-refractivity contribution in [2.75, 3.05) is 13.1 Å². The summed E-state index contributed by atoms with van der Waals surface area (Å²) in [6.07, 6.45) is 4.40. The van der Waals surface area contributed by atoms with E-state index in [9.17, 15) is 23.3 Å². The van der Waals surface area contributed by atoms with Crippen molar-refractivity contribution in [2.45, 2.75) is 42.7 Å². The first-order valence-electron chi connectivity index (χ1n) is 10.2. The van der Waals surface area contributed by atoms with Gasteiger partial charge < -0.3 is 14.4 Å². The molecule has 1 amide bonds. The van der Waals surface area contributed by atoms with E-state index in [0.29, 0.717) is 5.56 Å². The molecular weight excluding hydrogens is 422 g/mol. The van der Waals surface area contributed by atoms with Crippen LogP contribution in [0.4, 0.5) is 5.69 Å². The minimum atomic E-state index is -4.24. The largest absolute Gasteiger partial charge is 0.379 e. The Kier molecular flexibility index (Phi) is 5.92. The lowest BCUT2D eigenvalue weighted by atomic mass is 10.0. The Balaban J connectivity index is 1.36. The van der Waals surface area contributed by atoms with Gasteiger partial charge in [-0.15, -0.1) is 0 Å². The SMILES string of the molecule is O=C(NC1CCN(C2CC2)CC1)c1ccc(OS(=O)(=O)c2cccc([N+](=O)[O-])c2)cc1. The van der Waals surface area contributed by atoms with Crippen LogP contribution in [0.15, 0.2) is 53.4 Å². The molecule has 0 radical (unpaired) electrons. The molecule has 2 fully saturated rings. The van der Waals surface area contributed by atoms with E-state index in [0.717, 1.165) is 38.0 Å². The molecule has 0 unspecified atom stereocenters. The van der Waals surface area contributed by atoms with Crippen molar-refractivity contribution < 1.29 is 22.3 Å². The molecule has 1 saturated carbocycles. The Bertz CT molecular complexity index is 1070. The molecular formula is C21H23N3O6S. The van der Waals surface area contributed by atoms with Crippen molar-refractivity contribution in [2.24, 2.45) is 0 Å². The van der Waals surface area contributed by atoms with E-state index in [-0.39, 0.29) is 28.3 Å². The molecule has 9 nitrogen and oxygen atoms in total. The molecule has 1 heterocycles. The average molecular weight is 445 g/mol. The van der Waals surface area contributed by atoms with Gasteiger partial charge in [-0.3, -0.25) is 14.9 Å². The fraction of sp³-hybridized carbons (Fsp3) is 0.381. The average Bonchev–Trinajstić information content (AvgIpc) is 3.60. The van der Waals surface area contributed by atoms with E-state index in [1.807, 2.05) is 0 Å². The summed E-state index contributed by atoms with van der Waals surface area (Å²) in [5.41, 5.74) is 0.0596. The van der Waals surface area contributed by atoms with Crippen LogP contribution in [0.1, 0.15) is 36.0 Å². The second-order valence-electron chi connectivity index (χ2n) is 7.83. The number of benzene rings is 2. The number of piperidine rings is 1. The standard InChI is InChI=1S/C21H23N3O6S/c25-21(22-16-10-12-23(13-11-16)17-6-7-17)15-4-8-19(9-5-15)30-31(28,29)20-3-1-2-18(14-20)24(26)27/h1-5,8-9,14,16-17H,6-7,10-13H2,(H,22,25). The Labute approximate surface area is 180 Å². The number of carbonyl (C=O) groups excluding carboxylic acids is 1. The minimum absolute atomic E-state index is 0.0146. The van der Waals surface area contributed by atoms with Crippen LogP contribution in [0.3, 0.4) is 0 Å². The molecule has 164 valence electrons. The van der Waals surface area contributed by atoms with E-state index in [1.54, 1.807) is 0 Å². The molecule has 0 aromatic heterocycles. The van der Waals surface area contributed by atoms with E-state index < -0.39 is 15.0 Å². The van der Waals surface area contributed by atoms with Crippen molar-refractivity contribution in [1.29, 1.82) is 0 Å². The molecule has 0 bridgehead atoms. The molecule has 1 aliphatic heterocycles. The van der Waals surface area contributed by atoms with Gasteiger partial charge in [0.05, 0.1) is 4.92 Å². The number of nitro benzene ring substituents is 1. The summed E-state index contributed by atoms with van der Waals surface area (Å²) in [6.45, 7) is 2.00. The summed E-state index contributed by atoms with van der Waals surface area (Å²) in [5.74, 6) is -0.196. The van der Waals surface area contributed by atoms with Crippen LogP contribution in [-0.4, -0.2) is 49.3 Å². The first-order chi connectivity index (χ1) is 14.8. The molecule has 0 spiro atoms. The first-order valence-corrected chi connectivity index (χ1v) is 11.6. The molecule has 4 rings (SSSR count). The van der Waals surface area contributed by atoms with Crippen molar-refractivity contribution in [3.05, 3.63) is 64.2 Å². The normalized spacial score (nSPS) is 17.8. The van der Waals surface area contributed by atoms with Gasteiger partial charge in [-0.2, -0.15) is 8.42 Å². The molecule has 1 saturated heterocycles. The zero-order chi connectivity index (χ0) is 22.0. The van der Waals surface area contributed by atoms with Crippen molar-refractivity contribution >= 4 is 21.7 Å². The summed E-state index contributed by atoms with van der Waals surface area (Å²) in [6, 6.07) is 11.3. The van der Waals surface area contributed by atoms with E-state index in [1.165, 1.54) is 55.3 Å². The van der Waals surface area contributed by atoms with Crippen LogP contribution >= 0.6 is 0 Å². The van der Waals surface area contributed by atoms with Gasteiger partial charge in [0.2, 0.25) is 0 Å². The van der Waals surface area contributed by atoms with E-state index in [2.05, 4.69) is 10.2 Å². The smallest absolute Gasteiger partial charge is 0.339 e. The zero-order valence-electron chi connectivity index (χ0n) is 16.8. The predicted molar refractivity (Wildman–Crippen MR) is 112 cm³/mol. The maximum Gasteiger partial charge on any atom is 0.339 e. The van der Waals surface area contributed by atoms with Crippen LogP contribution < -0.4 is 9.50 Å². The Morgan fingerprint density at radius 1 is 1.06 bits per heavy atom. The zero-order valence-corrected chi connectivity index (χ0v) is 17.6. The predicted octanol–water partition coefficient (Wildman–Crippen LogP) is 2.72. The summed E-state index contributed by atoms with van der Waals surface area (Å²) >= 11 is 0. The Morgan fingerprint density at radius 3 is 2.35 bits per heavy atom. The van der Waals surface area contributed by atoms with Crippen molar-refractivity contribution in [1.82, 2.24) is 10.2 Å². The number of nitro groups is 1. The number of nitrogens with one attached hydrogen (secondary N) is 1. The summed E-state index contributed by atoms with van der Waals surface area (Å²) in [7, 11) is -4.24. The highest BCUT2D eigenvalue weighted by Crippen LogP contribution is 2.29. The molecule has 1 N–H and O–H groups in total. The lowest BCUT2D eigenvalue weighted by molar-refractivity contribution is -0.385. The minimum Gasteiger partial charge on any atom is -0.379 e. The number of nitrogens with zero attached hydrogens (tertiary/aromatic N) is 2. The molecule has 2 aliphatic rings. The van der Waals surface area contributed by atoms with Crippen molar-refractivity contribution in [3.63, 3.8) is 0 Å². The molecule has 1 aliphatic carbocycles. The fourth-order valence-corrected chi connectivity index (χ4v) is 4.68. The van der Waals surface area contributed by atoms with Gasteiger partial charge in [-0.25, -0.2) is 0 Å². The quantitative estimate of drug-likeness (QED) is 0.395. The summed E-state index contributed by atoms with van der Waals surface area (Å²) < 4.78 is 29.9. The Morgan fingerprint density at radius 2 is 1.74 bits per heavy atom. The lowest BCUT2D eigenvalue weighted by Gasteiger charge is -2.32. The van der Waals surface area contributed by atoms with Gasteiger partial charge in [0.15, 0.2) is 0 Å². The van der Waals surface area contributed by atoms with Crippen LogP contribution in [0.2, 0.25) is 0 Å². The lowest BCUT2D eigenvalue weighted by Crippen LogP contribution is -2.45. The van der Waals surface area contributed by atoms with E-state index in [4.69, 9.17) is 4.18 Å². The Hall–Kier alpha value is -2.98. The number of carbonyl (C=O) groups is 1. The van der Waals surface area contributed by atoms with Gasteiger partial charge in [0.1, 0.15) is 10.6 Å². The van der Waals surface area contributed by atoms with Crippen LogP contribution in [0.25, 0.3) is 0 Å². The van der Waals surface area contributed by atoms with E-state index >= 15 is 0 Å². The third-order valence-corrected chi connectivity index (χ3v) is 6.81. The van der Waals surface area contributed by atoms with Gasteiger partial charge in [-0.1, -0.05) is 6.07 Å². The number of hydrogen-bond donors (Lipinski definition) is 1. The van der Waals surface area contributed by atoms with Gasteiger partial charge in [0, 0.05) is 42.9 Å². The number of likely N-dealkylation sites (tertiary alicyclic amines) is 1. The molecule has 10 heteroatoms. The fourth-order valence-electron chi connectivity index (χ4n) is 3.71. The van der Waals surface area contributed by atoms with Gasteiger partial charge in [-0.05, 0) is 56.0 Å². The maximum absolute atomic E-state index is 12.5.